The van der Waals surface area contributed by atoms with Crippen molar-refractivity contribution in [2.45, 2.75) is 71.3 Å². The van der Waals surface area contributed by atoms with Gasteiger partial charge in [0, 0.05) is 24.2 Å². The summed E-state index contributed by atoms with van der Waals surface area (Å²) in [6, 6.07) is 4.19. The molecule has 4 nitrogen and oxygen atoms in total. The fourth-order valence-electron chi connectivity index (χ4n) is 4.54. The van der Waals surface area contributed by atoms with E-state index in [2.05, 4.69) is 9.80 Å². The van der Waals surface area contributed by atoms with Gasteiger partial charge in [0.15, 0.2) is 6.61 Å². The first-order valence-electron chi connectivity index (χ1n) is 11.0. The summed E-state index contributed by atoms with van der Waals surface area (Å²) in [6.45, 7) is 8.47. The maximum absolute atomic E-state index is 12.9. The van der Waals surface area contributed by atoms with E-state index in [1.54, 1.807) is 0 Å². The summed E-state index contributed by atoms with van der Waals surface area (Å²) < 4.78 is 5.84. The van der Waals surface area contributed by atoms with Crippen LogP contribution in [0.1, 0.15) is 62.5 Å². The third-order valence-electron chi connectivity index (χ3n) is 6.20. The van der Waals surface area contributed by atoms with Crippen LogP contribution >= 0.6 is 24.0 Å². The van der Waals surface area contributed by atoms with Crippen LogP contribution in [0.4, 0.5) is 0 Å². The fourth-order valence-corrected chi connectivity index (χ4v) is 4.65. The highest BCUT2D eigenvalue weighted by atomic mass is 35.5. The van der Waals surface area contributed by atoms with Gasteiger partial charge in [-0.05, 0) is 88.7 Å². The van der Waals surface area contributed by atoms with E-state index in [0.29, 0.717) is 6.04 Å². The number of nitrogens with zero attached hydrogens (tertiary/aromatic N) is 2. The van der Waals surface area contributed by atoms with Gasteiger partial charge in [0.2, 0.25) is 0 Å². The van der Waals surface area contributed by atoms with E-state index in [9.17, 15) is 4.79 Å². The summed E-state index contributed by atoms with van der Waals surface area (Å²) >= 11 is 6.23. The van der Waals surface area contributed by atoms with Crippen molar-refractivity contribution >= 4 is 29.9 Å². The van der Waals surface area contributed by atoms with Gasteiger partial charge in [-0.15, -0.1) is 12.4 Å². The number of rotatable bonds is 6. The lowest BCUT2D eigenvalue weighted by molar-refractivity contribution is -0.137. The monoisotopic (exact) mass is 442 g/mol. The van der Waals surface area contributed by atoms with E-state index in [4.69, 9.17) is 16.3 Å². The van der Waals surface area contributed by atoms with Gasteiger partial charge in [-0.1, -0.05) is 24.4 Å². The predicted octanol–water partition coefficient (Wildman–Crippen LogP) is 5.40. The largest absolute Gasteiger partial charge is 0.484 e. The summed E-state index contributed by atoms with van der Waals surface area (Å²) in [7, 11) is 0. The Bertz CT molecular complexity index is 637. The van der Waals surface area contributed by atoms with Gasteiger partial charge < -0.3 is 14.5 Å². The van der Waals surface area contributed by atoms with Gasteiger partial charge in [0.1, 0.15) is 5.75 Å². The molecule has 0 aliphatic carbocycles. The molecule has 1 aromatic carbocycles. The molecule has 2 saturated heterocycles. The van der Waals surface area contributed by atoms with E-state index < -0.39 is 0 Å². The molecule has 1 amide bonds. The average Bonchev–Trinajstić information content (AvgIpc) is 2.97. The van der Waals surface area contributed by atoms with Crippen molar-refractivity contribution < 1.29 is 9.53 Å². The van der Waals surface area contributed by atoms with Crippen molar-refractivity contribution in [1.82, 2.24) is 9.80 Å². The minimum atomic E-state index is 0. The Morgan fingerprint density at radius 3 is 2.31 bits per heavy atom. The van der Waals surface area contributed by atoms with Crippen LogP contribution in [0, 0.1) is 13.8 Å². The summed E-state index contributed by atoms with van der Waals surface area (Å²) in [6.07, 6.45) is 9.92. The van der Waals surface area contributed by atoms with Crippen molar-refractivity contribution in [1.29, 1.82) is 0 Å². The first-order chi connectivity index (χ1) is 13.5. The maximum atomic E-state index is 12.9. The molecule has 2 fully saturated rings. The summed E-state index contributed by atoms with van der Waals surface area (Å²) in [4.78, 5) is 17.6. The van der Waals surface area contributed by atoms with E-state index in [1.807, 2.05) is 26.0 Å². The van der Waals surface area contributed by atoms with Gasteiger partial charge in [-0.2, -0.15) is 0 Å². The molecule has 1 unspecified atom stereocenters. The third-order valence-corrected chi connectivity index (χ3v) is 6.79. The summed E-state index contributed by atoms with van der Waals surface area (Å²) in [5.74, 6) is 0.844. The number of likely N-dealkylation sites (tertiary alicyclic amines) is 2. The Morgan fingerprint density at radius 2 is 1.66 bits per heavy atom. The lowest BCUT2D eigenvalue weighted by atomic mass is 9.99. The number of benzene rings is 1. The van der Waals surface area contributed by atoms with Crippen molar-refractivity contribution in [2.75, 3.05) is 32.8 Å². The second-order valence-electron chi connectivity index (χ2n) is 8.44. The van der Waals surface area contributed by atoms with Crippen LogP contribution < -0.4 is 4.74 Å². The minimum Gasteiger partial charge on any atom is -0.484 e. The number of aryl methyl sites for hydroxylation is 2. The first-order valence-corrected chi connectivity index (χ1v) is 11.3. The quantitative estimate of drug-likeness (QED) is 0.590. The van der Waals surface area contributed by atoms with Crippen molar-refractivity contribution in [3.05, 3.63) is 28.3 Å². The van der Waals surface area contributed by atoms with Crippen LogP contribution in [0.25, 0.3) is 0 Å². The molecule has 0 spiro atoms. The molecule has 1 atom stereocenters. The topological polar surface area (TPSA) is 32.8 Å². The van der Waals surface area contributed by atoms with E-state index >= 15 is 0 Å². The van der Waals surface area contributed by atoms with Gasteiger partial charge >= 0.3 is 0 Å². The zero-order valence-corrected chi connectivity index (χ0v) is 19.5. The Balaban J connectivity index is 0.00000300. The predicted molar refractivity (Wildman–Crippen MR) is 123 cm³/mol. The van der Waals surface area contributed by atoms with Crippen LogP contribution in [0.15, 0.2) is 12.1 Å². The first kappa shape index (κ1) is 24.3. The van der Waals surface area contributed by atoms with Crippen molar-refractivity contribution in [3.63, 3.8) is 0 Å². The van der Waals surface area contributed by atoms with Gasteiger partial charge in [-0.3, -0.25) is 4.79 Å². The maximum Gasteiger partial charge on any atom is 0.260 e. The Morgan fingerprint density at radius 1 is 1.03 bits per heavy atom. The Kier molecular flexibility index (Phi) is 10.1. The minimum absolute atomic E-state index is 0. The molecule has 0 radical (unpaired) electrons. The highest BCUT2D eigenvalue weighted by Crippen LogP contribution is 2.26. The molecular weight excluding hydrogens is 407 g/mol. The number of carbonyl (C=O) groups excluding carboxylic acids is 1. The lowest BCUT2D eigenvalue weighted by Crippen LogP contribution is -2.47. The molecular formula is C23H36Cl2N2O2. The summed E-state index contributed by atoms with van der Waals surface area (Å²) in [5.41, 5.74) is 1.97. The number of hydrogen-bond acceptors (Lipinski definition) is 3. The van der Waals surface area contributed by atoms with Crippen molar-refractivity contribution in [3.8, 4) is 5.75 Å². The van der Waals surface area contributed by atoms with Gasteiger partial charge in [0.05, 0.1) is 0 Å². The molecule has 0 saturated carbocycles. The van der Waals surface area contributed by atoms with E-state index in [-0.39, 0.29) is 24.9 Å². The molecule has 164 valence electrons. The molecule has 2 heterocycles. The number of ether oxygens (including phenoxy) is 1. The Labute approximate surface area is 187 Å². The van der Waals surface area contributed by atoms with Crippen LogP contribution in [0.5, 0.6) is 5.75 Å². The molecule has 0 N–H and O–H groups in total. The second kappa shape index (κ2) is 12.0. The van der Waals surface area contributed by atoms with Crippen LogP contribution in [-0.4, -0.2) is 54.5 Å². The van der Waals surface area contributed by atoms with Crippen LogP contribution in [0.3, 0.4) is 0 Å². The van der Waals surface area contributed by atoms with E-state index in [1.165, 1.54) is 45.2 Å². The SMILES string of the molecule is Cc1cc(OCC(=O)N2CCCCC2CCN2CCCCCC2)cc(C)c1Cl.Cl. The zero-order chi connectivity index (χ0) is 19.9. The lowest BCUT2D eigenvalue weighted by Gasteiger charge is -2.37. The number of hydrogen-bond donors (Lipinski definition) is 0. The van der Waals surface area contributed by atoms with Gasteiger partial charge in [0.25, 0.3) is 5.91 Å². The molecule has 6 heteroatoms. The molecule has 3 rings (SSSR count). The molecule has 2 aliphatic rings. The zero-order valence-electron chi connectivity index (χ0n) is 17.9. The molecule has 29 heavy (non-hydrogen) atoms. The van der Waals surface area contributed by atoms with E-state index in [0.717, 1.165) is 54.3 Å². The van der Waals surface area contributed by atoms with Gasteiger partial charge in [-0.25, -0.2) is 0 Å². The summed E-state index contributed by atoms with van der Waals surface area (Å²) in [5, 5.41) is 0.767. The highest BCUT2D eigenvalue weighted by molar-refractivity contribution is 6.32. The number of carbonyl (C=O) groups is 1. The fraction of sp³-hybridized carbons (Fsp3) is 0.696. The molecule has 0 aromatic heterocycles. The third kappa shape index (κ3) is 7.04. The van der Waals surface area contributed by atoms with Crippen molar-refractivity contribution in [2.24, 2.45) is 0 Å². The standard InChI is InChI=1S/C23H35ClN2O2.ClH/c1-18-15-21(16-19(2)23(18)24)28-17-22(27)26-13-8-5-9-20(26)10-14-25-11-6-3-4-7-12-25;/h15-16,20H,3-14,17H2,1-2H3;1H. The smallest absolute Gasteiger partial charge is 0.260 e. The number of halogens is 2. The average molecular weight is 443 g/mol. The highest BCUT2D eigenvalue weighted by Gasteiger charge is 2.27. The molecule has 1 aromatic rings. The van der Waals surface area contributed by atoms with Crippen LogP contribution in [0.2, 0.25) is 5.02 Å². The number of piperidine rings is 1. The normalized spacial score (nSPS) is 20.7. The molecule has 2 aliphatic heterocycles. The number of amides is 1. The Hall–Kier alpha value is -0.970. The molecule has 0 bridgehead atoms. The van der Waals surface area contributed by atoms with Crippen LogP contribution in [-0.2, 0) is 4.79 Å². The second-order valence-corrected chi connectivity index (χ2v) is 8.82.